The van der Waals surface area contributed by atoms with E-state index in [-0.39, 0.29) is 22.9 Å². The van der Waals surface area contributed by atoms with Gasteiger partial charge in [0.1, 0.15) is 17.3 Å². The van der Waals surface area contributed by atoms with Crippen LogP contribution in [0.25, 0.3) is 0 Å². The van der Waals surface area contributed by atoms with Crippen molar-refractivity contribution in [2.24, 2.45) is 0 Å². The molecule has 0 aliphatic carbocycles. The fourth-order valence-electron chi connectivity index (χ4n) is 2.12. The van der Waals surface area contributed by atoms with Crippen LogP contribution in [-0.2, 0) is 0 Å². The average Bonchev–Trinajstić information content (AvgIpc) is 2.44. The summed E-state index contributed by atoms with van der Waals surface area (Å²) in [6, 6.07) is 9.40. The first-order valence-electron chi connectivity index (χ1n) is 6.44. The molecule has 1 amide bonds. The van der Waals surface area contributed by atoms with Gasteiger partial charge in [-0.2, -0.15) is 0 Å². The molecular formula is C16H16FNO3. The van der Waals surface area contributed by atoms with Crippen molar-refractivity contribution in [2.75, 3.05) is 7.05 Å². The SMILES string of the molecule is CC(c1ccccc1F)N(C)C(=O)c1cc(O)cc(O)c1. The lowest BCUT2D eigenvalue weighted by molar-refractivity contribution is 0.0739. The minimum Gasteiger partial charge on any atom is -0.508 e. The smallest absolute Gasteiger partial charge is 0.254 e. The van der Waals surface area contributed by atoms with E-state index >= 15 is 0 Å². The molecule has 0 bridgehead atoms. The normalized spacial score (nSPS) is 12.0. The highest BCUT2D eigenvalue weighted by Crippen LogP contribution is 2.26. The Labute approximate surface area is 122 Å². The summed E-state index contributed by atoms with van der Waals surface area (Å²) in [5, 5.41) is 18.9. The van der Waals surface area contributed by atoms with Crippen LogP contribution in [0.1, 0.15) is 28.9 Å². The summed E-state index contributed by atoms with van der Waals surface area (Å²) in [6.45, 7) is 1.71. The topological polar surface area (TPSA) is 60.8 Å². The highest BCUT2D eigenvalue weighted by Gasteiger charge is 2.21. The molecule has 0 aliphatic rings. The lowest BCUT2D eigenvalue weighted by atomic mass is 10.1. The highest BCUT2D eigenvalue weighted by atomic mass is 19.1. The predicted molar refractivity (Wildman–Crippen MR) is 76.7 cm³/mol. The van der Waals surface area contributed by atoms with Crippen LogP contribution < -0.4 is 0 Å². The summed E-state index contributed by atoms with van der Waals surface area (Å²) in [4.78, 5) is 13.7. The van der Waals surface area contributed by atoms with E-state index in [9.17, 15) is 19.4 Å². The average molecular weight is 289 g/mol. The van der Waals surface area contributed by atoms with Gasteiger partial charge in [0.25, 0.3) is 5.91 Å². The number of aromatic hydroxyl groups is 2. The van der Waals surface area contributed by atoms with Crippen molar-refractivity contribution in [1.29, 1.82) is 0 Å². The van der Waals surface area contributed by atoms with Crippen molar-refractivity contribution in [3.8, 4) is 11.5 Å². The van der Waals surface area contributed by atoms with Gasteiger partial charge in [0, 0.05) is 24.2 Å². The molecule has 0 aromatic heterocycles. The minimum absolute atomic E-state index is 0.137. The Kier molecular flexibility index (Phi) is 4.12. The first-order valence-corrected chi connectivity index (χ1v) is 6.44. The molecule has 2 rings (SSSR count). The Hall–Kier alpha value is -2.56. The van der Waals surface area contributed by atoms with Crippen LogP contribution in [0.15, 0.2) is 42.5 Å². The zero-order chi connectivity index (χ0) is 15.6. The maximum absolute atomic E-state index is 13.8. The van der Waals surface area contributed by atoms with Gasteiger partial charge < -0.3 is 15.1 Å². The van der Waals surface area contributed by atoms with E-state index in [1.165, 1.54) is 23.1 Å². The first kappa shape index (κ1) is 14.8. The van der Waals surface area contributed by atoms with Crippen molar-refractivity contribution in [3.63, 3.8) is 0 Å². The summed E-state index contributed by atoms with van der Waals surface area (Å²) in [5.41, 5.74) is 0.538. The van der Waals surface area contributed by atoms with Crippen LogP contribution in [0.4, 0.5) is 4.39 Å². The van der Waals surface area contributed by atoms with Crippen LogP contribution >= 0.6 is 0 Å². The standard InChI is InChI=1S/C16H16FNO3/c1-10(14-5-3-4-6-15(14)17)18(2)16(21)11-7-12(19)9-13(20)8-11/h3-10,19-20H,1-2H3. The van der Waals surface area contributed by atoms with E-state index in [0.717, 1.165) is 6.07 Å². The lowest BCUT2D eigenvalue weighted by Crippen LogP contribution is -2.30. The molecule has 2 N–H and O–H groups in total. The Balaban J connectivity index is 2.28. The van der Waals surface area contributed by atoms with Gasteiger partial charge in [0.15, 0.2) is 0 Å². The van der Waals surface area contributed by atoms with Crippen LogP contribution in [0.2, 0.25) is 0 Å². The third-order valence-electron chi connectivity index (χ3n) is 3.41. The molecule has 4 nitrogen and oxygen atoms in total. The number of benzene rings is 2. The molecule has 2 aromatic carbocycles. The monoisotopic (exact) mass is 289 g/mol. The number of hydrogen-bond donors (Lipinski definition) is 2. The van der Waals surface area contributed by atoms with Crippen LogP contribution in [0, 0.1) is 5.82 Å². The van der Waals surface area contributed by atoms with E-state index in [1.54, 1.807) is 32.2 Å². The van der Waals surface area contributed by atoms with Crippen LogP contribution in [0.5, 0.6) is 11.5 Å². The van der Waals surface area contributed by atoms with Gasteiger partial charge in [0.2, 0.25) is 0 Å². The summed E-state index contributed by atoms with van der Waals surface area (Å²) < 4.78 is 13.8. The maximum atomic E-state index is 13.8. The third-order valence-corrected chi connectivity index (χ3v) is 3.41. The van der Waals surface area contributed by atoms with E-state index in [0.29, 0.717) is 5.56 Å². The molecule has 1 unspecified atom stereocenters. The minimum atomic E-state index is -0.483. The number of amides is 1. The number of nitrogens with zero attached hydrogens (tertiary/aromatic N) is 1. The zero-order valence-electron chi connectivity index (χ0n) is 11.7. The summed E-state index contributed by atoms with van der Waals surface area (Å²) in [7, 11) is 1.54. The Morgan fingerprint density at radius 2 is 1.71 bits per heavy atom. The predicted octanol–water partition coefficient (Wildman–Crippen LogP) is 3.07. The molecular weight excluding hydrogens is 273 g/mol. The van der Waals surface area contributed by atoms with Crippen molar-refractivity contribution in [2.45, 2.75) is 13.0 Å². The van der Waals surface area contributed by atoms with Crippen molar-refractivity contribution >= 4 is 5.91 Å². The highest BCUT2D eigenvalue weighted by molar-refractivity contribution is 5.95. The quantitative estimate of drug-likeness (QED) is 0.913. The Morgan fingerprint density at radius 3 is 2.29 bits per heavy atom. The van der Waals surface area contributed by atoms with Crippen molar-refractivity contribution in [3.05, 3.63) is 59.4 Å². The van der Waals surface area contributed by atoms with Crippen molar-refractivity contribution in [1.82, 2.24) is 4.90 Å². The summed E-state index contributed by atoms with van der Waals surface area (Å²) in [5.74, 6) is -1.21. The van der Waals surface area contributed by atoms with Gasteiger partial charge in [-0.15, -0.1) is 0 Å². The third kappa shape index (κ3) is 3.13. The molecule has 0 aliphatic heterocycles. The lowest BCUT2D eigenvalue weighted by Gasteiger charge is -2.25. The molecule has 0 saturated heterocycles. The Morgan fingerprint density at radius 1 is 1.14 bits per heavy atom. The van der Waals surface area contributed by atoms with Gasteiger partial charge in [-0.1, -0.05) is 18.2 Å². The van der Waals surface area contributed by atoms with Crippen molar-refractivity contribution < 1.29 is 19.4 Å². The van der Waals surface area contributed by atoms with Gasteiger partial charge in [-0.25, -0.2) is 4.39 Å². The number of hydrogen-bond acceptors (Lipinski definition) is 3. The van der Waals surface area contributed by atoms with Gasteiger partial charge in [-0.05, 0) is 25.1 Å². The molecule has 5 heteroatoms. The molecule has 0 spiro atoms. The van der Waals surface area contributed by atoms with Gasteiger partial charge >= 0.3 is 0 Å². The molecule has 0 fully saturated rings. The first-order chi connectivity index (χ1) is 9.90. The fraction of sp³-hybridized carbons (Fsp3) is 0.188. The zero-order valence-corrected chi connectivity index (χ0v) is 11.7. The second-order valence-electron chi connectivity index (χ2n) is 4.85. The molecule has 21 heavy (non-hydrogen) atoms. The molecule has 0 saturated carbocycles. The van der Waals surface area contributed by atoms with E-state index in [1.807, 2.05) is 0 Å². The maximum Gasteiger partial charge on any atom is 0.254 e. The molecule has 0 heterocycles. The fourth-order valence-corrected chi connectivity index (χ4v) is 2.12. The summed E-state index contributed by atoms with van der Waals surface area (Å²) >= 11 is 0. The van der Waals surface area contributed by atoms with Crippen LogP contribution in [0.3, 0.4) is 0 Å². The Bertz CT molecular complexity index is 652. The second kappa shape index (κ2) is 5.83. The number of phenolic OH excluding ortho intramolecular Hbond substituents is 2. The van der Waals surface area contributed by atoms with Gasteiger partial charge in [-0.3, -0.25) is 4.79 Å². The van der Waals surface area contributed by atoms with E-state index in [4.69, 9.17) is 0 Å². The molecule has 110 valence electrons. The van der Waals surface area contributed by atoms with Crippen LogP contribution in [-0.4, -0.2) is 28.1 Å². The molecule has 0 radical (unpaired) electrons. The van der Waals surface area contributed by atoms with Gasteiger partial charge in [0.05, 0.1) is 6.04 Å². The number of carbonyl (C=O) groups excluding carboxylic acids is 1. The number of carbonyl (C=O) groups is 1. The molecule has 2 aromatic rings. The second-order valence-corrected chi connectivity index (χ2v) is 4.85. The largest absolute Gasteiger partial charge is 0.508 e. The van der Waals surface area contributed by atoms with E-state index in [2.05, 4.69) is 0 Å². The van der Waals surface area contributed by atoms with E-state index < -0.39 is 11.9 Å². The number of rotatable bonds is 3. The molecule has 1 atom stereocenters. The number of phenols is 2. The summed E-state index contributed by atoms with van der Waals surface area (Å²) in [6.07, 6.45) is 0. The number of halogens is 1.